The number of carbonyl (C=O) groups excluding carboxylic acids is 2. The standard InChI is InChI=1S/C13H23NO4/c1-7(2)8(3)13(18)14-9(4)11(10(5)15)6-12(16)17/h7-9,11H,6H2,1-5H3,(H,14,18)(H,16,17). The lowest BCUT2D eigenvalue weighted by atomic mass is 9.91. The summed E-state index contributed by atoms with van der Waals surface area (Å²) in [5.74, 6) is -2.03. The Morgan fingerprint density at radius 3 is 1.94 bits per heavy atom. The van der Waals surface area contributed by atoms with E-state index in [1.807, 2.05) is 20.8 Å². The fourth-order valence-corrected chi connectivity index (χ4v) is 1.62. The molecule has 0 rings (SSSR count). The number of amides is 1. The Labute approximate surface area is 108 Å². The normalized spacial score (nSPS) is 15.9. The van der Waals surface area contributed by atoms with E-state index in [2.05, 4.69) is 5.32 Å². The van der Waals surface area contributed by atoms with Crippen LogP contribution in [0.2, 0.25) is 0 Å². The molecule has 1 amide bonds. The molecule has 0 saturated carbocycles. The third-order valence-electron chi connectivity index (χ3n) is 3.30. The molecule has 0 aromatic rings. The lowest BCUT2D eigenvalue weighted by molar-refractivity contribution is -0.141. The maximum atomic E-state index is 11.8. The van der Waals surface area contributed by atoms with Crippen molar-refractivity contribution in [3.05, 3.63) is 0 Å². The van der Waals surface area contributed by atoms with Crippen LogP contribution in [0, 0.1) is 17.8 Å². The number of Topliss-reactive ketones (excluding diaryl/α,β-unsaturated/α-hetero) is 1. The first kappa shape index (κ1) is 16.6. The van der Waals surface area contributed by atoms with Gasteiger partial charge in [-0.3, -0.25) is 14.4 Å². The van der Waals surface area contributed by atoms with Crippen LogP contribution in [0.4, 0.5) is 0 Å². The summed E-state index contributed by atoms with van der Waals surface area (Å²) < 4.78 is 0. The first-order valence-electron chi connectivity index (χ1n) is 6.19. The van der Waals surface area contributed by atoms with E-state index < -0.39 is 17.9 Å². The Morgan fingerprint density at radius 1 is 1.11 bits per heavy atom. The summed E-state index contributed by atoms with van der Waals surface area (Å²) in [6.45, 7) is 8.71. The van der Waals surface area contributed by atoms with Crippen molar-refractivity contribution in [1.29, 1.82) is 0 Å². The van der Waals surface area contributed by atoms with Gasteiger partial charge in [-0.15, -0.1) is 0 Å². The van der Waals surface area contributed by atoms with E-state index in [1.54, 1.807) is 6.92 Å². The lowest BCUT2D eigenvalue weighted by Crippen LogP contribution is -2.44. The molecule has 0 aliphatic heterocycles. The zero-order valence-electron chi connectivity index (χ0n) is 11.7. The van der Waals surface area contributed by atoms with Crippen molar-refractivity contribution in [1.82, 2.24) is 5.32 Å². The smallest absolute Gasteiger partial charge is 0.304 e. The molecule has 3 atom stereocenters. The van der Waals surface area contributed by atoms with Crippen LogP contribution in [-0.2, 0) is 14.4 Å². The van der Waals surface area contributed by atoms with Gasteiger partial charge in [0.05, 0.1) is 6.42 Å². The summed E-state index contributed by atoms with van der Waals surface area (Å²) in [4.78, 5) is 33.9. The fraction of sp³-hybridized carbons (Fsp3) is 0.769. The van der Waals surface area contributed by atoms with E-state index in [-0.39, 0.29) is 29.9 Å². The molecule has 0 spiro atoms. The van der Waals surface area contributed by atoms with Crippen LogP contribution >= 0.6 is 0 Å². The second kappa shape index (κ2) is 7.13. The zero-order chi connectivity index (χ0) is 14.5. The lowest BCUT2D eigenvalue weighted by Gasteiger charge is -2.24. The van der Waals surface area contributed by atoms with Crippen LogP contribution in [0.15, 0.2) is 0 Å². The van der Waals surface area contributed by atoms with Gasteiger partial charge in [-0.05, 0) is 19.8 Å². The van der Waals surface area contributed by atoms with Crippen molar-refractivity contribution in [2.75, 3.05) is 0 Å². The minimum absolute atomic E-state index is 0.144. The van der Waals surface area contributed by atoms with Crippen LogP contribution in [0.25, 0.3) is 0 Å². The highest BCUT2D eigenvalue weighted by atomic mass is 16.4. The quantitative estimate of drug-likeness (QED) is 0.723. The van der Waals surface area contributed by atoms with Crippen molar-refractivity contribution in [2.24, 2.45) is 17.8 Å². The van der Waals surface area contributed by atoms with E-state index in [0.717, 1.165) is 0 Å². The Kier molecular flexibility index (Phi) is 6.58. The van der Waals surface area contributed by atoms with Gasteiger partial charge in [-0.2, -0.15) is 0 Å². The number of carbonyl (C=O) groups is 3. The number of rotatable bonds is 7. The Balaban J connectivity index is 4.60. The number of hydrogen-bond acceptors (Lipinski definition) is 3. The molecule has 0 fully saturated rings. The third-order valence-corrected chi connectivity index (χ3v) is 3.30. The van der Waals surface area contributed by atoms with Crippen LogP contribution in [0.5, 0.6) is 0 Å². The minimum Gasteiger partial charge on any atom is -0.481 e. The number of aliphatic carboxylic acids is 1. The van der Waals surface area contributed by atoms with Crippen LogP contribution in [-0.4, -0.2) is 28.8 Å². The van der Waals surface area contributed by atoms with Gasteiger partial charge in [0.15, 0.2) is 0 Å². The third kappa shape index (κ3) is 5.29. The summed E-state index contributed by atoms with van der Waals surface area (Å²) in [7, 11) is 0. The van der Waals surface area contributed by atoms with Gasteiger partial charge in [0.2, 0.25) is 5.91 Å². The van der Waals surface area contributed by atoms with Crippen LogP contribution < -0.4 is 5.32 Å². The number of carboxylic acid groups (broad SMARTS) is 1. The molecule has 0 aromatic carbocycles. The molecule has 5 nitrogen and oxygen atoms in total. The van der Waals surface area contributed by atoms with Gasteiger partial charge in [-0.25, -0.2) is 0 Å². The van der Waals surface area contributed by atoms with Crippen LogP contribution in [0.3, 0.4) is 0 Å². The van der Waals surface area contributed by atoms with Crippen molar-refractivity contribution in [3.8, 4) is 0 Å². The fourth-order valence-electron chi connectivity index (χ4n) is 1.62. The number of carboxylic acids is 1. The molecule has 0 bridgehead atoms. The molecule has 18 heavy (non-hydrogen) atoms. The summed E-state index contributed by atoms with van der Waals surface area (Å²) in [6, 6.07) is -0.465. The molecule has 0 aliphatic rings. The van der Waals surface area contributed by atoms with E-state index in [0.29, 0.717) is 0 Å². The summed E-state index contributed by atoms with van der Waals surface area (Å²) in [5.41, 5.74) is 0. The molecule has 0 radical (unpaired) electrons. The topological polar surface area (TPSA) is 83.5 Å². The van der Waals surface area contributed by atoms with Gasteiger partial charge >= 0.3 is 5.97 Å². The molecule has 0 aliphatic carbocycles. The van der Waals surface area contributed by atoms with Crippen molar-refractivity contribution in [3.63, 3.8) is 0 Å². The summed E-state index contributed by atoms with van der Waals surface area (Å²) in [5, 5.41) is 11.5. The van der Waals surface area contributed by atoms with E-state index >= 15 is 0 Å². The maximum absolute atomic E-state index is 11.8. The SMILES string of the molecule is CC(=O)C(CC(=O)O)C(C)NC(=O)C(C)C(C)C. The molecule has 0 saturated heterocycles. The summed E-state index contributed by atoms with van der Waals surface area (Å²) >= 11 is 0. The Morgan fingerprint density at radius 2 is 1.61 bits per heavy atom. The molecule has 2 N–H and O–H groups in total. The molecule has 3 unspecified atom stereocenters. The largest absolute Gasteiger partial charge is 0.481 e. The molecule has 0 heterocycles. The van der Waals surface area contributed by atoms with Gasteiger partial charge < -0.3 is 10.4 Å². The highest BCUT2D eigenvalue weighted by Gasteiger charge is 2.27. The number of hydrogen-bond donors (Lipinski definition) is 2. The second-order valence-electron chi connectivity index (χ2n) is 5.14. The van der Waals surface area contributed by atoms with Crippen molar-refractivity contribution < 1.29 is 19.5 Å². The maximum Gasteiger partial charge on any atom is 0.304 e. The first-order chi connectivity index (χ1) is 8.16. The minimum atomic E-state index is -1.03. The monoisotopic (exact) mass is 257 g/mol. The molecule has 5 heteroatoms. The van der Waals surface area contributed by atoms with E-state index in [9.17, 15) is 14.4 Å². The molecule has 104 valence electrons. The van der Waals surface area contributed by atoms with E-state index in [1.165, 1.54) is 6.92 Å². The number of nitrogens with one attached hydrogen (secondary N) is 1. The highest BCUT2D eigenvalue weighted by Crippen LogP contribution is 2.14. The van der Waals surface area contributed by atoms with Crippen molar-refractivity contribution in [2.45, 2.75) is 47.1 Å². The van der Waals surface area contributed by atoms with Gasteiger partial charge in [0, 0.05) is 17.9 Å². The Hall–Kier alpha value is -1.39. The molecular formula is C13H23NO4. The molecule has 0 aromatic heterocycles. The van der Waals surface area contributed by atoms with Crippen LogP contribution in [0.1, 0.15) is 41.0 Å². The molecular weight excluding hydrogens is 234 g/mol. The van der Waals surface area contributed by atoms with Crippen molar-refractivity contribution >= 4 is 17.7 Å². The zero-order valence-corrected chi connectivity index (χ0v) is 11.7. The first-order valence-corrected chi connectivity index (χ1v) is 6.19. The average Bonchev–Trinajstić information content (AvgIpc) is 2.23. The highest BCUT2D eigenvalue weighted by molar-refractivity contribution is 5.85. The predicted octanol–water partition coefficient (Wildman–Crippen LogP) is 1.46. The van der Waals surface area contributed by atoms with Gasteiger partial charge in [0.1, 0.15) is 5.78 Å². The van der Waals surface area contributed by atoms with Gasteiger partial charge in [-0.1, -0.05) is 20.8 Å². The summed E-state index contributed by atoms with van der Waals surface area (Å²) in [6.07, 6.45) is -0.257. The number of ketones is 1. The van der Waals surface area contributed by atoms with E-state index in [4.69, 9.17) is 5.11 Å². The second-order valence-corrected chi connectivity index (χ2v) is 5.14. The predicted molar refractivity (Wildman–Crippen MR) is 68.0 cm³/mol. The Bertz CT molecular complexity index is 325. The van der Waals surface area contributed by atoms with Gasteiger partial charge in [0.25, 0.3) is 0 Å². The average molecular weight is 257 g/mol.